The molecule has 6 heteroatoms. The summed E-state index contributed by atoms with van der Waals surface area (Å²) in [7, 11) is 0. The van der Waals surface area contributed by atoms with Crippen LogP contribution < -0.4 is 10.6 Å². The number of benzene rings is 1. The van der Waals surface area contributed by atoms with Gasteiger partial charge in [-0.05, 0) is 48.6 Å². The number of hydrogen-bond donors (Lipinski definition) is 2. The van der Waals surface area contributed by atoms with Crippen LogP contribution in [0.5, 0.6) is 0 Å². The monoisotopic (exact) mass is 316 g/mol. The number of carbonyl (C=O) groups excluding carboxylic acids is 2. The van der Waals surface area contributed by atoms with Crippen LogP contribution in [0, 0.1) is 0 Å². The van der Waals surface area contributed by atoms with Gasteiger partial charge in [-0.25, -0.2) is 0 Å². The standard InChI is InChI=1S/C16H16N2O3S/c19-15(13-3-1-9-21-13)17-11-5-7-12(8-6-11)18-16(20)14-4-2-10-22-14/h2,4-8,10,13H,1,3,9H2,(H,17,19)(H,18,20)/t13-/m1/s1. The Morgan fingerprint density at radius 2 is 1.82 bits per heavy atom. The number of hydrogen-bond acceptors (Lipinski definition) is 4. The summed E-state index contributed by atoms with van der Waals surface area (Å²) in [6.07, 6.45) is 1.34. The smallest absolute Gasteiger partial charge is 0.265 e. The van der Waals surface area contributed by atoms with E-state index in [2.05, 4.69) is 10.6 Å². The fraction of sp³-hybridized carbons (Fsp3) is 0.250. The lowest BCUT2D eigenvalue weighted by Crippen LogP contribution is -2.26. The quantitative estimate of drug-likeness (QED) is 0.910. The van der Waals surface area contributed by atoms with Crippen molar-refractivity contribution in [2.75, 3.05) is 17.2 Å². The van der Waals surface area contributed by atoms with Crippen molar-refractivity contribution in [3.8, 4) is 0 Å². The average molecular weight is 316 g/mol. The Balaban J connectivity index is 1.58. The maximum absolute atomic E-state index is 11.9. The molecule has 2 aromatic rings. The van der Waals surface area contributed by atoms with E-state index in [1.54, 1.807) is 30.3 Å². The Labute approximate surface area is 132 Å². The van der Waals surface area contributed by atoms with E-state index in [0.29, 0.717) is 22.9 Å². The number of rotatable bonds is 4. The maximum Gasteiger partial charge on any atom is 0.265 e. The lowest BCUT2D eigenvalue weighted by molar-refractivity contribution is -0.124. The molecule has 114 valence electrons. The summed E-state index contributed by atoms with van der Waals surface area (Å²) in [5.41, 5.74) is 1.38. The topological polar surface area (TPSA) is 67.4 Å². The lowest BCUT2D eigenvalue weighted by atomic mass is 10.2. The van der Waals surface area contributed by atoms with Gasteiger partial charge in [0.25, 0.3) is 11.8 Å². The molecule has 2 heterocycles. The van der Waals surface area contributed by atoms with Gasteiger partial charge in [-0.15, -0.1) is 11.3 Å². The predicted molar refractivity (Wildman–Crippen MR) is 86.3 cm³/mol. The summed E-state index contributed by atoms with van der Waals surface area (Å²) in [5.74, 6) is -0.251. The van der Waals surface area contributed by atoms with Gasteiger partial charge < -0.3 is 15.4 Å². The van der Waals surface area contributed by atoms with Crippen LogP contribution in [0.25, 0.3) is 0 Å². The van der Waals surface area contributed by atoms with Crippen LogP contribution in [0.15, 0.2) is 41.8 Å². The molecule has 1 aliphatic rings. The number of amides is 2. The van der Waals surface area contributed by atoms with Gasteiger partial charge >= 0.3 is 0 Å². The van der Waals surface area contributed by atoms with E-state index in [-0.39, 0.29) is 17.9 Å². The molecule has 3 rings (SSSR count). The van der Waals surface area contributed by atoms with E-state index in [1.807, 2.05) is 11.4 Å². The molecule has 5 nitrogen and oxygen atoms in total. The minimum Gasteiger partial charge on any atom is -0.368 e. The van der Waals surface area contributed by atoms with Crippen LogP contribution in [-0.4, -0.2) is 24.5 Å². The molecule has 0 saturated carbocycles. The van der Waals surface area contributed by atoms with Crippen LogP contribution in [-0.2, 0) is 9.53 Å². The number of nitrogens with one attached hydrogen (secondary N) is 2. The highest BCUT2D eigenvalue weighted by Gasteiger charge is 2.23. The molecule has 22 heavy (non-hydrogen) atoms. The highest BCUT2D eigenvalue weighted by atomic mass is 32.1. The Kier molecular flexibility index (Phi) is 4.50. The van der Waals surface area contributed by atoms with Crippen molar-refractivity contribution >= 4 is 34.5 Å². The van der Waals surface area contributed by atoms with Crippen molar-refractivity contribution in [1.29, 1.82) is 0 Å². The largest absolute Gasteiger partial charge is 0.368 e. The molecule has 1 aromatic heterocycles. The Morgan fingerprint density at radius 3 is 2.41 bits per heavy atom. The molecule has 1 aliphatic heterocycles. The third kappa shape index (κ3) is 3.52. The first-order valence-electron chi connectivity index (χ1n) is 7.10. The SMILES string of the molecule is O=C(Nc1ccc(NC(=O)[C@H]2CCCO2)cc1)c1cccs1. The van der Waals surface area contributed by atoms with E-state index in [9.17, 15) is 9.59 Å². The summed E-state index contributed by atoms with van der Waals surface area (Å²) >= 11 is 1.39. The van der Waals surface area contributed by atoms with Gasteiger partial charge in [0.2, 0.25) is 0 Å². The molecule has 1 atom stereocenters. The van der Waals surface area contributed by atoms with E-state index in [1.165, 1.54) is 11.3 Å². The maximum atomic E-state index is 11.9. The highest BCUT2D eigenvalue weighted by molar-refractivity contribution is 7.12. The van der Waals surface area contributed by atoms with Crippen molar-refractivity contribution in [3.05, 3.63) is 46.7 Å². The zero-order valence-corrected chi connectivity index (χ0v) is 12.7. The molecule has 1 fully saturated rings. The molecule has 2 N–H and O–H groups in total. The second kappa shape index (κ2) is 6.72. The van der Waals surface area contributed by atoms with Crippen molar-refractivity contribution in [1.82, 2.24) is 0 Å². The summed E-state index contributed by atoms with van der Waals surface area (Å²) in [4.78, 5) is 24.5. The Hall–Kier alpha value is -2.18. The highest BCUT2D eigenvalue weighted by Crippen LogP contribution is 2.18. The van der Waals surface area contributed by atoms with E-state index >= 15 is 0 Å². The van der Waals surface area contributed by atoms with Crippen LogP contribution in [0.4, 0.5) is 11.4 Å². The van der Waals surface area contributed by atoms with E-state index in [4.69, 9.17) is 4.74 Å². The fourth-order valence-electron chi connectivity index (χ4n) is 2.24. The molecule has 1 saturated heterocycles. The molecular formula is C16H16N2O3S. The van der Waals surface area contributed by atoms with Crippen molar-refractivity contribution < 1.29 is 14.3 Å². The minimum atomic E-state index is -0.349. The van der Waals surface area contributed by atoms with Crippen LogP contribution in [0.3, 0.4) is 0 Å². The average Bonchev–Trinajstić information content (AvgIpc) is 3.23. The summed E-state index contributed by atoms with van der Waals surface area (Å²) in [6.45, 7) is 0.645. The molecule has 0 bridgehead atoms. The van der Waals surface area contributed by atoms with Crippen molar-refractivity contribution in [2.45, 2.75) is 18.9 Å². The number of ether oxygens (including phenoxy) is 1. The predicted octanol–water partition coefficient (Wildman–Crippen LogP) is 3.12. The van der Waals surface area contributed by atoms with Gasteiger partial charge in [0.05, 0.1) is 4.88 Å². The van der Waals surface area contributed by atoms with Crippen LogP contribution in [0.2, 0.25) is 0 Å². The second-order valence-corrected chi connectivity index (χ2v) is 5.95. The Morgan fingerprint density at radius 1 is 1.09 bits per heavy atom. The lowest BCUT2D eigenvalue weighted by Gasteiger charge is -2.11. The van der Waals surface area contributed by atoms with Gasteiger partial charge in [0.15, 0.2) is 0 Å². The molecule has 0 radical (unpaired) electrons. The van der Waals surface area contributed by atoms with Crippen LogP contribution >= 0.6 is 11.3 Å². The van der Waals surface area contributed by atoms with Crippen molar-refractivity contribution in [3.63, 3.8) is 0 Å². The Bertz CT molecular complexity index is 647. The second-order valence-electron chi connectivity index (χ2n) is 5.00. The zero-order chi connectivity index (χ0) is 15.4. The van der Waals surface area contributed by atoms with Crippen LogP contribution in [0.1, 0.15) is 22.5 Å². The van der Waals surface area contributed by atoms with Crippen molar-refractivity contribution in [2.24, 2.45) is 0 Å². The van der Waals surface area contributed by atoms with Gasteiger partial charge in [-0.1, -0.05) is 6.07 Å². The number of anilines is 2. The fourth-order valence-corrected chi connectivity index (χ4v) is 2.86. The summed E-state index contributed by atoms with van der Waals surface area (Å²) < 4.78 is 5.34. The normalized spacial score (nSPS) is 17.2. The molecule has 0 unspecified atom stereocenters. The van der Waals surface area contributed by atoms with E-state index in [0.717, 1.165) is 12.8 Å². The van der Waals surface area contributed by atoms with E-state index < -0.39 is 0 Å². The molecule has 0 spiro atoms. The summed E-state index contributed by atoms with van der Waals surface area (Å²) in [5, 5.41) is 7.49. The third-order valence-corrected chi connectivity index (χ3v) is 4.25. The number of carbonyl (C=O) groups is 2. The minimum absolute atomic E-state index is 0.118. The first-order valence-corrected chi connectivity index (χ1v) is 7.98. The van der Waals surface area contributed by atoms with Gasteiger partial charge in [0.1, 0.15) is 6.10 Å². The zero-order valence-electron chi connectivity index (χ0n) is 11.9. The van der Waals surface area contributed by atoms with Gasteiger partial charge in [0, 0.05) is 18.0 Å². The first kappa shape index (κ1) is 14.7. The molecule has 2 amide bonds. The summed E-state index contributed by atoms with van der Waals surface area (Å²) in [6, 6.07) is 10.7. The first-order chi connectivity index (χ1) is 10.7. The van der Waals surface area contributed by atoms with Gasteiger partial charge in [-0.2, -0.15) is 0 Å². The number of thiophene rings is 1. The molecule has 0 aliphatic carbocycles. The molecular weight excluding hydrogens is 300 g/mol. The van der Waals surface area contributed by atoms with Gasteiger partial charge in [-0.3, -0.25) is 9.59 Å². The third-order valence-electron chi connectivity index (χ3n) is 3.38. The molecule has 1 aromatic carbocycles.